The van der Waals surface area contributed by atoms with Gasteiger partial charge in [0.1, 0.15) is 5.82 Å². The third-order valence-electron chi connectivity index (χ3n) is 2.57. The lowest BCUT2D eigenvalue weighted by atomic mass is 10.1. The van der Waals surface area contributed by atoms with Gasteiger partial charge in [0.2, 0.25) is 0 Å². The fraction of sp³-hybridized carbons (Fsp3) is 0.286. The molecule has 0 atom stereocenters. The Balaban J connectivity index is 1.99. The summed E-state index contributed by atoms with van der Waals surface area (Å²) in [7, 11) is 1.70. The Hall–Kier alpha value is -1.94. The second-order valence-corrected chi connectivity index (χ2v) is 4.22. The average molecular weight is 243 g/mol. The molecule has 0 aliphatic heterocycles. The van der Waals surface area contributed by atoms with E-state index in [-0.39, 0.29) is 0 Å². The third kappa shape index (κ3) is 3.53. The predicted octanol–water partition coefficient (Wildman–Crippen LogP) is 2.54. The van der Waals surface area contributed by atoms with Crippen molar-refractivity contribution >= 4 is 5.82 Å². The van der Waals surface area contributed by atoms with E-state index in [1.54, 1.807) is 13.3 Å². The molecule has 0 saturated carbocycles. The minimum absolute atomic E-state index is 0.637. The molecule has 18 heavy (non-hydrogen) atoms. The molecule has 0 aliphatic rings. The maximum absolute atomic E-state index is 5.12. The number of methoxy groups -OCH3 is 1. The molecule has 1 aromatic heterocycles. The Morgan fingerprint density at radius 1 is 1.22 bits per heavy atom. The summed E-state index contributed by atoms with van der Waals surface area (Å²) in [5, 5.41) is 11.2. The largest absolute Gasteiger partial charge is 0.380 e. The van der Waals surface area contributed by atoms with Crippen LogP contribution >= 0.6 is 0 Å². The molecule has 0 aliphatic carbocycles. The molecule has 1 aromatic carbocycles. The fourth-order valence-corrected chi connectivity index (χ4v) is 1.74. The van der Waals surface area contributed by atoms with Crippen LogP contribution in [0.25, 0.3) is 0 Å². The van der Waals surface area contributed by atoms with Gasteiger partial charge in [-0.3, -0.25) is 0 Å². The van der Waals surface area contributed by atoms with Gasteiger partial charge in [-0.05, 0) is 29.7 Å². The number of anilines is 1. The van der Waals surface area contributed by atoms with Crippen molar-refractivity contribution in [3.8, 4) is 0 Å². The molecular formula is C14H17N3O. The number of aryl methyl sites for hydroxylation is 1. The number of nitrogens with zero attached hydrogens (tertiary/aromatic N) is 2. The Labute approximate surface area is 107 Å². The van der Waals surface area contributed by atoms with Gasteiger partial charge < -0.3 is 10.1 Å². The Kier molecular flexibility index (Phi) is 4.25. The lowest BCUT2D eigenvalue weighted by molar-refractivity contribution is 0.185. The minimum Gasteiger partial charge on any atom is -0.380 e. The quantitative estimate of drug-likeness (QED) is 0.876. The van der Waals surface area contributed by atoms with E-state index in [0.717, 1.165) is 17.9 Å². The van der Waals surface area contributed by atoms with Crippen LogP contribution < -0.4 is 5.32 Å². The lowest BCUT2D eigenvalue weighted by Crippen LogP contribution is -2.03. The Morgan fingerprint density at radius 3 is 2.83 bits per heavy atom. The molecule has 4 nitrogen and oxygen atoms in total. The third-order valence-corrected chi connectivity index (χ3v) is 2.57. The van der Waals surface area contributed by atoms with E-state index < -0.39 is 0 Å². The molecule has 0 amide bonds. The van der Waals surface area contributed by atoms with Crippen LogP contribution in [0.4, 0.5) is 5.82 Å². The number of benzene rings is 1. The zero-order valence-electron chi connectivity index (χ0n) is 10.7. The fourth-order valence-electron chi connectivity index (χ4n) is 1.74. The summed E-state index contributed by atoms with van der Waals surface area (Å²) in [6.45, 7) is 3.37. The highest BCUT2D eigenvalue weighted by atomic mass is 16.5. The first-order valence-corrected chi connectivity index (χ1v) is 5.88. The van der Waals surface area contributed by atoms with E-state index in [2.05, 4.69) is 33.7 Å². The van der Waals surface area contributed by atoms with E-state index >= 15 is 0 Å². The topological polar surface area (TPSA) is 47.0 Å². The van der Waals surface area contributed by atoms with Crippen molar-refractivity contribution in [2.75, 3.05) is 12.4 Å². The van der Waals surface area contributed by atoms with Crippen LogP contribution in [0.3, 0.4) is 0 Å². The van der Waals surface area contributed by atoms with Gasteiger partial charge in [0.25, 0.3) is 0 Å². The first-order valence-electron chi connectivity index (χ1n) is 5.88. The minimum atomic E-state index is 0.637. The number of ether oxygens (including phenoxy) is 1. The zero-order valence-corrected chi connectivity index (χ0v) is 10.7. The predicted molar refractivity (Wildman–Crippen MR) is 71.3 cm³/mol. The molecule has 0 saturated heterocycles. The van der Waals surface area contributed by atoms with Crippen molar-refractivity contribution in [2.24, 2.45) is 0 Å². The standard InChI is InChI=1S/C14H17N3O/c1-11-6-14(17-16-8-11)15-9-12-4-3-5-13(7-12)10-18-2/h3-8H,9-10H2,1-2H3,(H,15,17). The number of hydrogen-bond donors (Lipinski definition) is 1. The molecule has 0 bridgehead atoms. The van der Waals surface area contributed by atoms with Crippen LogP contribution in [-0.2, 0) is 17.9 Å². The number of nitrogens with one attached hydrogen (secondary N) is 1. The second-order valence-electron chi connectivity index (χ2n) is 4.22. The first kappa shape index (κ1) is 12.5. The van der Waals surface area contributed by atoms with Crippen molar-refractivity contribution in [1.29, 1.82) is 0 Å². The van der Waals surface area contributed by atoms with Crippen molar-refractivity contribution in [3.63, 3.8) is 0 Å². The molecular weight excluding hydrogens is 226 g/mol. The zero-order chi connectivity index (χ0) is 12.8. The highest BCUT2D eigenvalue weighted by molar-refractivity contribution is 5.36. The van der Waals surface area contributed by atoms with Crippen molar-refractivity contribution in [1.82, 2.24) is 10.2 Å². The molecule has 94 valence electrons. The molecule has 2 aromatic rings. The smallest absolute Gasteiger partial charge is 0.149 e. The highest BCUT2D eigenvalue weighted by Gasteiger charge is 1.98. The Bertz CT molecular complexity index is 514. The van der Waals surface area contributed by atoms with Crippen LogP contribution in [-0.4, -0.2) is 17.3 Å². The molecule has 4 heteroatoms. The second kappa shape index (κ2) is 6.12. The highest BCUT2D eigenvalue weighted by Crippen LogP contribution is 2.09. The number of hydrogen-bond acceptors (Lipinski definition) is 4. The van der Waals surface area contributed by atoms with Crippen LogP contribution in [0, 0.1) is 6.92 Å². The molecule has 0 unspecified atom stereocenters. The normalized spacial score (nSPS) is 10.3. The molecule has 0 fully saturated rings. The summed E-state index contributed by atoms with van der Waals surface area (Å²) in [6.07, 6.45) is 1.74. The van der Waals surface area contributed by atoms with Gasteiger partial charge in [-0.15, -0.1) is 5.10 Å². The lowest BCUT2D eigenvalue weighted by Gasteiger charge is -2.07. The van der Waals surface area contributed by atoms with Crippen LogP contribution in [0.5, 0.6) is 0 Å². The van der Waals surface area contributed by atoms with Gasteiger partial charge in [0.15, 0.2) is 0 Å². The van der Waals surface area contributed by atoms with Gasteiger partial charge in [-0.25, -0.2) is 0 Å². The monoisotopic (exact) mass is 243 g/mol. The maximum atomic E-state index is 5.12. The van der Waals surface area contributed by atoms with Crippen LogP contribution in [0.15, 0.2) is 36.5 Å². The Morgan fingerprint density at radius 2 is 2.06 bits per heavy atom. The summed E-state index contributed by atoms with van der Waals surface area (Å²) in [4.78, 5) is 0. The summed E-state index contributed by atoms with van der Waals surface area (Å²) in [6, 6.07) is 10.3. The molecule has 1 heterocycles. The van der Waals surface area contributed by atoms with Crippen molar-refractivity contribution in [2.45, 2.75) is 20.1 Å². The van der Waals surface area contributed by atoms with E-state index in [1.165, 1.54) is 11.1 Å². The molecule has 2 rings (SSSR count). The molecule has 0 radical (unpaired) electrons. The maximum Gasteiger partial charge on any atom is 0.149 e. The van der Waals surface area contributed by atoms with Gasteiger partial charge in [0.05, 0.1) is 12.8 Å². The molecule has 0 spiro atoms. The van der Waals surface area contributed by atoms with Crippen molar-refractivity contribution < 1.29 is 4.74 Å². The summed E-state index contributed by atoms with van der Waals surface area (Å²) in [5.74, 6) is 0.798. The van der Waals surface area contributed by atoms with E-state index in [4.69, 9.17) is 4.74 Å². The van der Waals surface area contributed by atoms with Crippen LogP contribution in [0.2, 0.25) is 0 Å². The number of aromatic nitrogens is 2. The van der Waals surface area contributed by atoms with Gasteiger partial charge in [-0.2, -0.15) is 5.10 Å². The first-order chi connectivity index (χ1) is 8.78. The van der Waals surface area contributed by atoms with E-state index in [9.17, 15) is 0 Å². The van der Waals surface area contributed by atoms with Crippen LogP contribution in [0.1, 0.15) is 16.7 Å². The summed E-state index contributed by atoms with van der Waals surface area (Å²) in [5.41, 5.74) is 3.47. The van der Waals surface area contributed by atoms with Gasteiger partial charge >= 0.3 is 0 Å². The molecule has 1 N–H and O–H groups in total. The van der Waals surface area contributed by atoms with Gasteiger partial charge in [0, 0.05) is 13.7 Å². The van der Waals surface area contributed by atoms with E-state index in [0.29, 0.717) is 6.61 Å². The van der Waals surface area contributed by atoms with Gasteiger partial charge in [-0.1, -0.05) is 24.3 Å². The summed E-state index contributed by atoms with van der Waals surface area (Å²) >= 11 is 0. The van der Waals surface area contributed by atoms with Crippen molar-refractivity contribution in [3.05, 3.63) is 53.2 Å². The average Bonchev–Trinajstić information content (AvgIpc) is 2.37. The van der Waals surface area contributed by atoms with E-state index in [1.807, 2.05) is 19.1 Å². The summed E-state index contributed by atoms with van der Waals surface area (Å²) < 4.78 is 5.12. The SMILES string of the molecule is COCc1cccc(CNc2cc(C)cnn2)c1. The number of rotatable bonds is 5.